The molecule has 5 aromatic rings. The van der Waals surface area contributed by atoms with Crippen molar-refractivity contribution in [2.75, 3.05) is 16.8 Å². The zero-order valence-electron chi connectivity index (χ0n) is 18.3. The van der Waals surface area contributed by atoms with Crippen molar-refractivity contribution in [3.05, 3.63) is 126 Å². The summed E-state index contributed by atoms with van der Waals surface area (Å²) in [4.78, 5) is 15.3. The monoisotopic (exact) mass is 429 g/mol. The largest absolute Gasteiger partial charge is 0.345 e. The molecule has 0 aliphatic rings. The number of benzene rings is 5. The molecule has 0 bridgehead atoms. The van der Waals surface area contributed by atoms with Crippen molar-refractivity contribution in [3.8, 4) is 0 Å². The van der Waals surface area contributed by atoms with Crippen molar-refractivity contribution in [3.63, 3.8) is 0 Å². The third-order valence-corrected chi connectivity index (χ3v) is 5.84. The van der Waals surface area contributed by atoms with Crippen molar-refractivity contribution in [2.24, 2.45) is 5.18 Å². The van der Waals surface area contributed by atoms with Gasteiger partial charge in [-0.25, -0.2) is 0 Å². The van der Waals surface area contributed by atoms with Crippen LogP contribution >= 0.6 is 0 Å². The Balaban J connectivity index is 1.57. The van der Waals surface area contributed by atoms with Gasteiger partial charge in [-0.2, -0.15) is 0 Å². The third kappa shape index (κ3) is 4.06. The van der Waals surface area contributed by atoms with Crippen molar-refractivity contribution in [2.45, 2.75) is 0 Å². The summed E-state index contributed by atoms with van der Waals surface area (Å²) in [5, 5.41) is 5.46. The maximum absolute atomic E-state index is 10.9. The number of hydrogen-bond acceptors (Lipinski definition) is 4. The molecule has 0 atom stereocenters. The first kappa shape index (κ1) is 20.5. The minimum atomic E-state index is 0.419. The van der Waals surface area contributed by atoms with Crippen LogP contribution in [0.2, 0.25) is 0 Å². The lowest BCUT2D eigenvalue weighted by atomic mass is 10.1. The molecule has 0 aromatic heterocycles. The summed E-state index contributed by atoms with van der Waals surface area (Å²) in [6.07, 6.45) is 0. The average Bonchev–Trinajstić information content (AvgIpc) is 2.90. The summed E-state index contributed by atoms with van der Waals surface area (Å²) in [5.74, 6) is 0. The van der Waals surface area contributed by atoms with Gasteiger partial charge in [-0.3, -0.25) is 0 Å². The zero-order chi connectivity index (χ0) is 22.6. The topological polar surface area (TPSA) is 35.9 Å². The minimum absolute atomic E-state index is 0.419. The van der Waals surface area contributed by atoms with Crippen LogP contribution in [0, 0.1) is 4.91 Å². The van der Waals surface area contributed by atoms with Gasteiger partial charge in [0.1, 0.15) is 5.69 Å². The van der Waals surface area contributed by atoms with Crippen LogP contribution < -0.4 is 9.80 Å². The molecular formula is C29H23N3O. The van der Waals surface area contributed by atoms with Crippen LogP contribution in [0.15, 0.2) is 127 Å². The summed E-state index contributed by atoms with van der Waals surface area (Å²) in [7, 11) is 1.98. The molecule has 33 heavy (non-hydrogen) atoms. The number of para-hydroxylation sites is 1. The lowest BCUT2D eigenvalue weighted by Crippen LogP contribution is -2.12. The van der Waals surface area contributed by atoms with Crippen LogP contribution in [-0.4, -0.2) is 7.05 Å². The summed E-state index contributed by atoms with van der Waals surface area (Å²) in [5.41, 5.74) is 5.65. The van der Waals surface area contributed by atoms with Gasteiger partial charge in [-0.1, -0.05) is 60.7 Å². The highest BCUT2D eigenvalue weighted by atomic mass is 16.3. The van der Waals surface area contributed by atoms with Gasteiger partial charge >= 0.3 is 0 Å². The van der Waals surface area contributed by atoms with E-state index in [9.17, 15) is 4.91 Å². The Kier molecular flexibility index (Phi) is 5.56. The lowest BCUT2D eigenvalue weighted by Gasteiger charge is -2.27. The summed E-state index contributed by atoms with van der Waals surface area (Å²) < 4.78 is 0. The van der Waals surface area contributed by atoms with E-state index >= 15 is 0 Å². The van der Waals surface area contributed by atoms with Crippen LogP contribution in [0.25, 0.3) is 10.8 Å². The van der Waals surface area contributed by atoms with Crippen molar-refractivity contribution < 1.29 is 0 Å². The first-order valence-electron chi connectivity index (χ1n) is 10.8. The first-order valence-corrected chi connectivity index (χ1v) is 10.8. The predicted molar refractivity (Wildman–Crippen MR) is 139 cm³/mol. The van der Waals surface area contributed by atoms with E-state index < -0.39 is 0 Å². The summed E-state index contributed by atoms with van der Waals surface area (Å²) in [6, 6.07) is 41.0. The highest BCUT2D eigenvalue weighted by molar-refractivity contribution is 5.98. The molecule has 0 N–H and O–H groups in total. The maximum Gasteiger partial charge on any atom is 0.110 e. The highest BCUT2D eigenvalue weighted by Gasteiger charge is 2.15. The number of anilines is 5. The Morgan fingerprint density at radius 1 is 0.576 bits per heavy atom. The fourth-order valence-corrected chi connectivity index (χ4v) is 4.14. The smallest absolute Gasteiger partial charge is 0.110 e. The van der Waals surface area contributed by atoms with Crippen molar-refractivity contribution >= 4 is 44.9 Å². The van der Waals surface area contributed by atoms with E-state index in [1.165, 1.54) is 10.8 Å². The second-order valence-corrected chi connectivity index (χ2v) is 7.86. The molecule has 0 saturated carbocycles. The molecule has 0 radical (unpaired) electrons. The van der Waals surface area contributed by atoms with Crippen LogP contribution in [0.3, 0.4) is 0 Å². The third-order valence-electron chi connectivity index (χ3n) is 5.84. The highest BCUT2D eigenvalue weighted by Crippen LogP contribution is 2.39. The standard InChI is InChI=1S/C29H23N3O/c1-31(27-14-8-11-23(21-27)30-33)24-17-19-26(20-18-24)32(25-12-3-2-4-13-25)29-16-7-10-22-9-5-6-15-28(22)29/h2-21H,1H3. The first-order chi connectivity index (χ1) is 16.2. The van der Waals surface area contributed by atoms with E-state index in [1.54, 1.807) is 12.1 Å². The van der Waals surface area contributed by atoms with E-state index in [0.717, 1.165) is 28.4 Å². The van der Waals surface area contributed by atoms with Crippen LogP contribution in [0.5, 0.6) is 0 Å². The Labute approximate surface area is 193 Å². The Morgan fingerprint density at radius 3 is 1.97 bits per heavy atom. The van der Waals surface area contributed by atoms with E-state index in [4.69, 9.17) is 0 Å². The number of nitroso groups, excluding NO2 is 1. The maximum atomic E-state index is 10.9. The number of fused-ring (bicyclic) bond motifs is 1. The van der Waals surface area contributed by atoms with Crippen LogP contribution in [0.4, 0.5) is 34.1 Å². The molecule has 0 aliphatic carbocycles. The van der Waals surface area contributed by atoms with Gasteiger partial charge < -0.3 is 9.80 Å². The van der Waals surface area contributed by atoms with Crippen molar-refractivity contribution in [1.82, 2.24) is 0 Å². The fourth-order valence-electron chi connectivity index (χ4n) is 4.14. The molecule has 0 fully saturated rings. The SMILES string of the molecule is CN(c1ccc(N(c2ccccc2)c2cccc3ccccc23)cc1)c1cccc(N=O)c1. The second-order valence-electron chi connectivity index (χ2n) is 7.86. The van der Waals surface area contributed by atoms with Gasteiger partial charge in [0.25, 0.3) is 0 Å². The van der Waals surface area contributed by atoms with Crippen LogP contribution in [-0.2, 0) is 0 Å². The Bertz CT molecular complexity index is 1390. The quantitative estimate of drug-likeness (QED) is 0.254. The molecular weight excluding hydrogens is 406 g/mol. The fraction of sp³-hybridized carbons (Fsp3) is 0.0345. The molecule has 0 spiro atoms. The number of hydrogen-bond donors (Lipinski definition) is 0. The van der Waals surface area contributed by atoms with E-state index in [2.05, 4.69) is 101 Å². The Morgan fingerprint density at radius 2 is 1.18 bits per heavy atom. The van der Waals surface area contributed by atoms with Gasteiger partial charge in [-0.05, 0) is 71.2 Å². The van der Waals surface area contributed by atoms with Gasteiger partial charge in [0, 0.05) is 35.2 Å². The lowest BCUT2D eigenvalue weighted by molar-refractivity contribution is 1.20. The molecule has 0 heterocycles. The molecule has 4 heteroatoms. The normalized spacial score (nSPS) is 10.7. The van der Waals surface area contributed by atoms with E-state index in [0.29, 0.717) is 5.69 Å². The predicted octanol–water partition coefficient (Wildman–Crippen LogP) is 8.48. The molecule has 5 aromatic carbocycles. The zero-order valence-corrected chi connectivity index (χ0v) is 18.3. The summed E-state index contributed by atoms with van der Waals surface area (Å²) in [6.45, 7) is 0. The molecule has 0 unspecified atom stereocenters. The van der Waals surface area contributed by atoms with Gasteiger partial charge in [0.15, 0.2) is 0 Å². The van der Waals surface area contributed by atoms with Crippen LogP contribution in [0.1, 0.15) is 0 Å². The molecule has 0 amide bonds. The molecule has 4 nitrogen and oxygen atoms in total. The van der Waals surface area contributed by atoms with Gasteiger partial charge in [0.2, 0.25) is 0 Å². The Hall–Kier alpha value is -4.44. The molecule has 160 valence electrons. The van der Waals surface area contributed by atoms with Gasteiger partial charge in [0.05, 0.1) is 5.69 Å². The molecule has 5 rings (SSSR count). The average molecular weight is 430 g/mol. The summed E-state index contributed by atoms with van der Waals surface area (Å²) >= 11 is 0. The van der Waals surface area contributed by atoms with E-state index in [-0.39, 0.29) is 0 Å². The minimum Gasteiger partial charge on any atom is -0.345 e. The van der Waals surface area contributed by atoms with Crippen molar-refractivity contribution in [1.29, 1.82) is 0 Å². The van der Waals surface area contributed by atoms with E-state index in [1.807, 2.05) is 30.1 Å². The molecule has 0 saturated heterocycles. The molecule has 0 aliphatic heterocycles. The number of rotatable bonds is 6. The van der Waals surface area contributed by atoms with Gasteiger partial charge in [-0.15, -0.1) is 4.91 Å². The number of nitrogens with zero attached hydrogens (tertiary/aromatic N) is 3. The second kappa shape index (κ2) is 8.97.